The van der Waals surface area contributed by atoms with Crippen LogP contribution in [0.5, 0.6) is 0 Å². The molecule has 0 aliphatic rings. The predicted octanol–water partition coefficient (Wildman–Crippen LogP) is 0.699. The molecule has 2 amide bonds. The van der Waals surface area contributed by atoms with Gasteiger partial charge in [0.15, 0.2) is 0 Å². The molecule has 0 spiro atoms. The highest BCUT2D eigenvalue weighted by molar-refractivity contribution is 9.10. The van der Waals surface area contributed by atoms with E-state index in [4.69, 9.17) is 5.14 Å². The van der Waals surface area contributed by atoms with Gasteiger partial charge in [0.25, 0.3) is 0 Å². The van der Waals surface area contributed by atoms with Crippen LogP contribution in [0.4, 0.5) is 5.69 Å². The molecule has 2 rings (SSSR count). The number of benzene rings is 1. The van der Waals surface area contributed by atoms with Gasteiger partial charge in [0.2, 0.25) is 21.8 Å². The van der Waals surface area contributed by atoms with E-state index < -0.39 is 15.9 Å². The third-order valence-corrected chi connectivity index (χ3v) is 4.87. The van der Waals surface area contributed by atoms with Crippen molar-refractivity contribution < 1.29 is 18.0 Å². The van der Waals surface area contributed by atoms with Crippen molar-refractivity contribution in [3.63, 3.8) is 0 Å². The molecule has 11 heteroatoms. The van der Waals surface area contributed by atoms with E-state index in [0.717, 1.165) is 27.1 Å². The van der Waals surface area contributed by atoms with E-state index >= 15 is 0 Å². The number of carbonyl (C=O) groups excluding carboxylic acids is 2. The zero-order chi connectivity index (χ0) is 19.5. The molecule has 0 aliphatic carbocycles. The zero-order valence-corrected chi connectivity index (χ0v) is 16.5. The van der Waals surface area contributed by atoms with Crippen molar-refractivity contribution >= 4 is 43.5 Å². The quantitative estimate of drug-likeness (QED) is 0.678. The fourth-order valence-electron chi connectivity index (χ4n) is 2.10. The van der Waals surface area contributed by atoms with E-state index in [-0.39, 0.29) is 23.9 Å². The van der Waals surface area contributed by atoms with E-state index in [1.807, 2.05) is 13.0 Å². The van der Waals surface area contributed by atoms with Crippen LogP contribution in [0.1, 0.15) is 5.56 Å². The number of aromatic nitrogens is 2. The number of carbonyl (C=O) groups is 2. The number of hydrogen-bond donors (Lipinski definition) is 2. The molecule has 0 atom stereocenters. The number of halogens is 1. The van der Waals surface area contributed by atoms with Crippen molar-refractivity contribution in [3.8, 4) is 0 Å². The average Bonchev–Trinajstić information content (AvgIpc) is 2.98. The largest absolute Gasteiger partial charge is 0.335 e. The summed E-state index contributed by atoms with van der Waals surface area (Å²) in [6, 6.07) is 5.43. The second kappa shape index (κ2) is 7.98. The van der Waals surface area contributed by atoms with Crippen LogP contribution in [0.25, 0.3) is 0 Å². The molecule has 0 fully saturated rings. The lowest BCUT2D eigenvalue weighted by Gasteiger charge is -2.17. The number of aryl methyl sites for hydroxylation is 1. The maximum absolute atomic E-state index is 12.2. The van der Waals surface area contributed by atoms with Gasteiger partial charge in [0, 0.05) is 23.4 Å². The maximum atomic E-state index is 12.2. The highest BCUT2D eigenvalue weighted by atomic mass is 79.9. The topological polar surface area (TPSA) is 127 Å². The molecule has 2 aromatic rings. The van der Waals surface area contributed by atoms with E-state index in [1.165, 1.54) is 11.9 Å². The van der Waals surface area contributed by atoms with Crippen molar-refractivity contribution in [3.05, 3.63) is 40.6 Å². The Morgan fingerprint density at radius 3 is 2.65 bits per heavy atom. The number of amides is 2. The number of hydrogen-bond acceptors (Lipinski definition) is 5. The van der Waals surface area contributed by atoms with Gasteiger partial charge in [-0.3, -0.25) is 14.3 Å². The molecule has 0 bridgehead atoms. The van der Waals surface area contributed by atoms with Gasteiger partial charge in [-0.15, -0.1) is 0 Å². The summed E-state index contributed by atoms with van der Waals surface area (Å²) < 4.78 is 24.5. The maximum Gasteiger partial charge on any atom is 0.244 e. The fraction of sp³-hybridized carbons (Fsp3) is 0.267. The van der Waals surface area contributed by atoms with Crippen LogP contribution in [0.15, 0.2) is 40.0 Å². The normalized spacial score (nSPS) is 11.2. The van der Waals surface area contributed by atoms with Crippen LogP contribution in [-0.4, -0.2) is 48.5 Å². The van der Waals surface area contributed by atoms with Gasteiger partial charge in [-0.2, -0.15) is 5.10 Å². The first kappa shape index (κ1) is 20.1. The van der Waals surface area contributed by atoms with Crippen molar-refractivity contribution in [2.75, 3.05) is 18.9 Å². The Balaban J connectivity index is 1.93. The minimum atomic E-state index is -3.87. The van der Waals surface area contributed by atoms with Crippen LogP contribution in [0.3, 0.4) is 0 Å². The highest BCUT2D eigenvalue weighted by Crippen LogP contribution is 2.19. The summed E-state index contributed by atoms with van der Waals surface area (Å²) in [5.41, 5.74) is 1.54. The number of primary sulfonamides is 1. The van der Waals surface area contributed by atoms with Gasteiger partial charge in [-0.25, -0.2) is 13.6 Å². The minimum Gasteiger partial charge on any atom is -0.335 e. The molecule has 0 aliphatic heterocycles. The number of sulfonamides is 1. The smallest absolute Gasteiger partial charge is 0.244 e. The summed E-state index contributed by atoms with van der Waals surface area (Å²) in [5, 5.41) is 11.5. The predicted molar refractivity (Wildman–Crippen MR) is 98.7 cm³/mol. The van der Waals surface area contributed by atoms with Gasteiger partial charge < -0.3 is 10.2 Å². The number of nitrogens with zero attached hydrogens (tertiary/aromatic N) is 3. The Kier molecular flexibility index (Phi) is 6.16. The summed E-state index contributed by atoms with van der Waals surface area (Å²) in [7, 11) is -2.40. The minimum absolute atomic E-state index is 0.155. The summed E-state index contributed by atoms with van der Waals surface area (Å²) in [5.74, 6) is -0.756. The van der Waals surface area contributed by atoms with E-state index in [2.05, 4.69) is 26.3 Å². The molecule has 1 heterocycles. The Labute approximate surface area is 159 Å². The fourth-order valence-corrected chi connectivity index (χ4v) is 3.04. The molecule has 9 nitrogen and oxygen atoms in total. The number of likely N-dealkylation sites (N-methyl/N-ethyl adjacent to an activating group) is 1. The van der Waals surface area contributed by atoms with E-state index in [9.17, 15) is 18.0 Å². The zero-order valence-electron chi connectivity index (χ0n) is 14.1. The number of nitrogens with one attached hydrogen (secondary N) is 1. The lowest BCUT2D eigenvalue weighted by atomic mass is 10.2. The van der Waals surface area contributed by atoms with E-state index in [1.54, 1.807) is 12.1 Å². The lowest BCUT2D eigenvalue weighted by Crippen LogP contribution is -2.37. The first-order chi connectivity index (χ1) is 12.1. The summed E-state index contributed by atoms with van der Waals surface area (Å²) >= 11 is 3.35. The van der Waals surface area contributed by atoms with Crippen molar-refractivity contribution in [2.45, 2.75) is 18.4 Å². The molecule has 0 radical (unpaired) electrons. The summed E-state index contributed by atoms with van der Waals surface area (Å²) in [6.07, 6.45) is 2.22. The molecule has 26 heavy (non-hydrogen) atoms. The van der Waals surface area contributed by atoms with Crippen LogP contribution in [0.2, 0.25) is 0 Å². The number of anilines is 1. The van der Waals surface area contributed by atoms with Gasteiger partial charge in [-0.05, 0) is 30.7 Å². The Bertz CT molecular complexity index is 941. The van der Waals surface area contributed by atoms with Gasteiger partial charge in [0.05, 0.1) is 12.7 Å². The van der Waals surface area contributed by atoms with Gasteiger partial charge in [-0.1, -0.05) is 15.9 Å². The van der Waals surface area contributed by atoms with Crippen LogP contribution in [-0.2, 0) is 26.2 Å². The molecule has 0 saturated carbocycles. The molecule has 0 saturated heterocycles. The first-order valence-electron chi connectivity index (χ1n) is 7.41. The Hall–Kier alpha value is -2.24. The van der Waals surface area contributed by atoms with Crippen molar-refractivity contribution in [2.24, 2.45) is 5.14 Å². The Morgan fingerprint density at radius 1 is 1.38 bits per heavy atom. The molecular weight excluding hydrogens is 426 g/mol. The third kappa shape index (κ3) is 5.38. The van der Waals surface area contributed by atoms with Crippen molar-refractivity contribution in [1.29, 1.82) is 0 Å². The highest BCUT2D eigenvalue weighted by Gasteiger charge is 2.16. The van der Waals surface area contributed by atoms with Crippen LogP contribution in [0, 0.1) is 6.92 Å². The molecule has 140 valence electrons. The second-order valence-electron chi connectivity index (χ2n) is 5.68. The third-order valence-electron chi connectivity index (χ3n) is 3.50. The molecule has 1 aromatic heterocycles. The summed E-state index contributed by atoms with van der Waals surface area (Å²) in [4.78, 5) is 25.3. The SMILES string of the molecule is Cc1cc(Br)ccc1NC(=O)CN(C)C(=O)Cn1cc(S(N)(=O)=O)cn1. The van der Waals surface area contributed by atoms with Crippen LogP contribution >= 0.6 is 15.9 Å². The molecular formula is C15H18BrN5O4S. The Morgan fingerprint density at radius 2 is 2.08 bits per heavy atom. The average molecular weight is 444 g/mol. The van der Waals surface area contributed by atoms with Gasteiger partial charge in [0.1, 0.15) is 11.4 Å². The van der Waals surface area contributed by atoms with Crippen LogP contribution < -0.4 is 10.5 Å². The molecule has 0 unspecified atom stereocenters. The summed E-state index contributed by atoms with van der Waals surface area (Å²) in [6.45, 7) is 1.49. The molecule has 3 N–H and O–H groups in total. The number of rotatable bonds is 6. The lowest BCUT2D eigenvalue weighted by molar-refractivity contribution is -0.134. The van der Waals surface area contributed by atoms with E-state index in [0.29, 0.717) is 5.69 Å². The molecule has 1 aromatic carbocycles. The second-order valence-corrected chi connectivity index (χ2v) is 8.15. The van der Waals surface area contributed by atoms with Gasteiger partial charge >= 0.3 is 0 Å². The number of nitrogens with two attached hydrogens (primary N) is 1. The standard InChI is InChI=1S/C15H18BrN5O4S/c1-10-5-11(16)3-4-13(10)19-14(22)8-20(2)15(23)9-21-7-12(6-18-21)26(17,24)25/h3-7H,8-9H2,1-2H3,(H,19,22)(H2,17,24,25). The first-order valence-corrected chi connectivity index (χ1v) is 9.75. The van der Waals surface area contributed by atoms with Crippen molar-refractivity contribution in [1.82, 2.24) is 14.7 Å². The monoisotopic (exact) mass is 443 g/mol.